The number of fused-ring (bicyclic) bond motifs is 1. The minimum Gasteiger partial charge on any atom is -0.399 e. The van der Waals surface area contributed by atoms with Crippen molar-refractivity contribution in [2.45, 2.75) is 48.7 Å². The second-order valence-electron chi connectivity index (χ2n) is 12.5. The average molecular weight is 636 g/mol. The van der Waals surface area contributed by atoms with Crippen LogP contribution in [0.4, 0.5) is 11.4 Å². The van der Waals surface area contributed by atoms with Gasteiger partial charge in [0.2, 0.25) is 21.8 Å². The number of likely N-dealkylation sites (tertiary alicyclic amines) is 1. The molecule has 238 valence electrons. The first-order valence-electron chi connectivity index (χ1n) is 15.5. The summed E-state index contributed by atoms with van der Waals surface area (Å²) < 4.78 is 27.6. The molecule has 4 amide bonds. The van der Waals surface area contributed by atoms with Gasteiger partial charge < -0.3 is 10.6 Å². The van der Waals surface area contributed by atoms with E-state index in [1.165, 1.54) is 0 Å². The van der Waals surface area contributed by atoms with Gasteiger partial charge in [0.05, 0.1) is 21.7 Å². The second-order valence-corrected chi connectivity index (χ2v) is 14.4. The van der Waals surface area contributed by atoms with Crippen LogP contribution in [-0.2, 0) is 19.6 Å². The zero-order valence-electron chi connectivity index (χ0n) is 24.9. The molecule has 0 radical (unpaired) electrons. The number of anilines is 2. The van der Waals surface area contributed by atoms with Crippen molar-refractivity contribution in [1.29, 1.82) is 0 Å². The molecule has 14 heteroatoms. The standard InChI is InChI=1S/C31H37N7O6S/c32-20-4-6-23(7-5-20)45(43,44)37-16-14-34(15-17-37)22-18-36(19-22)21-10-12-35(13-11-21)25-3-1-2-24-28(25)31(42)38(30(24)41)26-8-9-27(39)33-29(26)40/h1-7,21-22,26H,8-19,32H2,(H,33,39,40). The summed E-state index contributed by atoms with van der Waals surface area (Å²) in [4.78, 5) is 59.2. The molecule has 5 aliphatic heterocycles. The number of nitrogens with two attached hydrogens (primary N) is 1. The Morgan fingerprint density at radius 3 is 2.11 bits per heavy atom. The number of benzene rings is 2. The Bertz CT molecular complexity index is 1640. The van der Waals surface area contributed by atoms with Gasteiger partial charge in [-0.15, -0.1) is 0 Å². The van der Waals surface area contributed by atoms with Gasteiger partial charge in [0.15, 0.2) is 0 Å². The summed E-state index contributed by atoms with van der Waals surface area (Å²) in [6.07, 6.45) is 2.06. The van der Waals surface area contributed by atoms with Crippen molar-refractivity contribution in [2.75, 3.05) is 63.0 Å². The van der Waals surface area contributed by atoms with E-state index in [2.05, 4.69) is 20.0 Å². The average Bonchev–Trinajstić information content (AvgIpc) is 3.27. The number of piperidine rings is 2. The molecule has 3 N–H and O–H groups in total. The molecule has 2 aromatic rings. The quantitative estimate of drug-likeness (QED) is 0.335. The van der Waals surface area contributed by atoms with Crippen LogP contribution in [0.5, 0.6) is 0 Å². The van der Waals surface area contributed by atoms with E-state index in [4.69, 9.17) is 5.73 Å². The highest BCUT2D eigenvalue weighted by Crippen LogP contribution is 2.36. The third-order valence-electron chi connectivity index (χ3n) is 9.97. The van der Waals surface area contributed by atoms with Crippen LogP contribution >= 0.6 is 0 Å². The normalized spacial score (nSPS) is 24.6. The Labute approximate surface area is 261 Å². The van der Waals surface area contributed by atoms with Crippen LogP contribution in [-0.4, -0.2) is 122 Å². The lowest BCUT2D eigenvalue weighted by Gasteiger charge is -2.52. The number of carbonyl (C=O) groups excluding carboxylic acids is 4. The molecule has 1 atom stereocenters. The van der Waals surface area contributed by atoms with Gasteiger partial charge in [-0.2, -0.15) is 4.31 Å². The zero-order chi connectivity index (χ0) is 31.5. The second kappa shape index (κ2) is 11.5. The minimum atomic E-state index is -3.53. The van der Waals surface area contributed by atoms with E-state index in [1.54, 1.807) is 40.7 Å². The van der Waals surface area contributed by atoms with Gasteiger partial charge in [-0.1, -0.05) is 6.07 Å². The number of nitrogen functional groups attached to an aromatic ring is 1. The number of hydrogen-bond acceptors (Lipinski definition) is 10. The van der Waals surface area contributed by atoms with Gasteiger partial charge in [0.1, 0.15) is 6.04 Å². The molecule has 7 rings (SSSR count). The van der Waals surface area contributed by atoms with E-state index >= 15 is 0 Å². The highest BCUT2D eigenvalue weighted by molar-refractivity contribution is 7.89. The van der Waals surface area contributed by atoms with Crippen molar-refractivity contribution in [3.63, 3.8) is 0 Å². The monoisotopic (exact) mass is 635 g/mol. The SMILES string of the molecule is Nc1ccc(S(=O)(=O)N2CCN(C3CN(C4CCN(c5cccc6c5C(=O)N(C5CCC(=O)NC5=O)C6=O)CC4)C3)CC2)cc1. The summed E-state index contributed by atoms with van der Waals surface area (Å²) in [5, 5.41) is 2.25. The molecular formula is C31H37N7O6S. The molecule has 0 bridgehead atoms. The molecule has 0 saturated carbocycles. The van der Waals surface area contributed by atoms with Crippen LogP contribution in [0.1, 0.15) is 46.4 Å². The number of nitrogens with one attached hydrogen (secondary N) is 1. The van der Waals surface area contributed by atoms with Gasteiger partial charge in [0.25, 0.3) is 11.8 Å². The summed E-state index contributed by atoms with van der Waals surface area (Å²) in [5.41, 5.74) is 7.61. The van der Waals surface area contributed by atoms with Crippen molar-refractivity contribution in [3.8, 4) is 0 Å². The molecule has 0 aliphatic carbocycles. The smallest absolute Gasteiger partial charge is 0.264 e. The third-order valence-corrected chi connectivity index (χ3v) is 11.9. The van der Waals surface area contributed by atoms with Gasteiger partial charge in [-0.25, -0.2) is 8.42 Å². The Kier molecular flexibility index (Phi) is 7.63. The molecule has 4 saturated heterocycles. The number of piperazine rings is 1. The molecule has 13 nitrogen and oxygen atoms in total. The lowest BCUT2D eigenvalue weighted by atomic mass is 9.95. The highest BCUT2D eigenvalue weighted by atomic mass is 32.2. The van der Waals surface area contributed by atoms with Crippen LogP contribution in [0.15, 0.2) is 47.4 Å². The lowest BCUT2D eigenvalue weighted by Crippen LogP contribution is -2.66. The Balaban J connectivity index is 0.920. The van der Waals surface area contributed by atoms with E-state index in [0.717, 1.165) is 43.9 Å². The first-order valence-corrected chi connectivity index (χ1v) is 17.0. The van der Waals surface area contributed by atoms with Gasteiger partial charge in [0, 0.05) is 76.5 Å². The van der Waals surface area contributed by atoms with Crippen LogP contribution in [0.3, 0.4) is 0 Å². The minimum absolute atomic E-state index is 0.0875. The molecule has 0 spiro atoms. The van der Waals surface area contributed by atoms with E-state index < -0.39 is 39.7 Å². The highest BCUT2D eigenvalue weighted by Gasteiger charge is 2.46. The van der Waals surface area contributed by atoms with Crippen LogP contribution in [0.2, 0.25) is 0 Å². The van der Waals surface area contributed by atoms with Crippen molar-refractivity contribution >= 4 is 45.0 Å². The molecule has 45 heavy (non-hydrogen) atoms. The fourth-order valence-corrected chi connectivity index (χ4v) is 8.77. The fraction of sp³-hybridized carbons (Fsp3) is 0.484. The van der Waals surface area contributed by atoms with Crippen LogP contribution < -0.4 is 16.0 Å². The van der Waals surface area contributed by atoms with Gasteiger partial charge in [-0.05, 0) is 55.7 Å². The number of sulfonamides is 1. The van der Waals surface area contributed by atoms with Gasteiger partial charge in [-0.3, -0.25) is 39.2 Å². The molecule has 0 aromatic heterocycles. The van der Waals surface area contributed by atoms with Crippen molar-refractivity contribution in [1.82, 2.24) is 24.3 Å². The Morgan fingerprint density at radius 1 is 0.756 bits per heavy atom. The largest absolute Gasteiger partial charge is 0.399 e. The maximum atomic E-state index is 13.5. The predicted octanol–water partition coefficient (Wildman–Crippen LogP) is 0.330. The maximum absolute atomic E-state index is 13.5. The number of rotatable bonds is 6. The first-order chi connectivity index (χ1) is 21.6. The summed E-state index contributed by atoms with van der Waals surface area (Å²) in [6.45, 7) is 5.71. The van der Waals surface area contributed by atoms with Crippen LogP contribution in [0.25, 0.3) is 0 Å². The molecule has 4 fully saturated rings. The van der Waals surface area contributed by atoms with Crippen molar-refractivity contribution in [3.05, 3.63) is 53.6 Å². The van der Waals surface area contributed by atoms with Crippen molar-refractivity contribution < 1.29 is 27.6 Å². The molecule has 5 aliphatic rings. The summed E-state index contributed by atoms with van der Waals surface area (Å²) in [7, 11) is -3.53. The molecular weight excluding hydrogens is 598 g/mol. The predicted molar refractivity (Wildman–Crippen MR) is 165 cm³/mol. The topological polar surface area (TPSA) is 157 Å². The first kappa shape index (κ1) is 29.8. The fourth-order valence-electron chi connectivity index (χ4n) is 7.35. The zero-order valence-corrected chi connectivity index (χ0v) is 25.7. The summed E-state index contributed by atoms with van der Waals surface area (Å²) >= 11 is 0. The number of amides is 4. The summed E-state index contributed by atoms with van der Waals surface area (Å²) in [6, 6.07) is 11.5. The van der Waals surface area contributed by atoms with E-state index in [9.17, 15) is 27.6 Å². The van der Waals surface area contributed by atoms with E-state index in [1.807, 2.05) is 6.07 Å². The Hall–Kier alpha value is -3.85. The Morgan fingerprint density at radius 2 is 1.44 bits per heavy atom. The number of nitrogens with zero attached hydrogens (tertiary/aromatic N) is 5. The number of imide groups is 2. The number of carbonyl (C=O) groups is 4. The number of hydrogen-bond donors (Lipinski definition) is 2. The lowest BCUT2D eigenvalue weighted by molar-refractivity contribution is -0.136. The van der Waals surface area contributed by atoms with Crippen molar-refractivity contribution in [2.24, 2.45) is 0 Å². The molecule has 5 heterocycles. The maximum Gasteiger partial charge on any atom is 0.264 e. The molecule has 1 unspecified atom stereocenters. The van der Waals surface area contributed by atoms with E-state index in [-0.39, 0.29) is 17.7 Å². The van der Waals surface area contributed by atoms with Crippen LogP contribution in [0, 0.1) is 0 Å². The molecule has 2 aromatic carbocycles. The van der Waals surface area contributed by atoms with Gasteiger partial charge >= 0.3 is 0 Å². The van der Waals surface area contributed by atoms with E-state index in [0.29, 0.717) is 60.8 Å². The summed E-state index contributed by atoms with van der Waals surface area (Å²) in [5.74, 6) is -1.97. The third kappa shape index (κ3) is 5.29.